The van der Waals surface area contributed by atoms with Gasteiger partial charge in [-0.15, -0.1) is 9.35 Å². The first-order valence-corrected chi connectivity index (χ1v) is 19.6. The molecule has 58 heavy (non-hydrogen) atoms. The third kappa shape index (κ3) is 12.2. The van der Waals surface area contributed by atoms with Gasteiger partial charge in [0.05, 0.1) is 46.7 Å². The van der Waals surface area contributed by atoms with Crippen molar-refractivity contribution in [1.82, 2.24) is 4.57 Å². The second-order valence-corrected chi connectivity index (χ2v) is 16.5. The first-order chi connectivity index (χ1) is 27.2. The van der Waals surface area contributed by atoms with Gasteiger partial charge in [-0.05, 0) is 126 Å². The van der Waals surface area contributed by atoms with Gasteiger partial charge in [-0.3, -0.25) is 4.79 Å². The van der Waals surface area contributed by atoms with E-state index in [1.807, 2.05) is 6.92 Å². The molecule has 0 atom stereocenters. The number of carboxylic acids is 1. The highest BCUT2D eigenvalue weighted by Gasteiger charge is 2.35. The van der Waals surface area contributed by atoms with Crippen LogP contribution in [0.5, 0.6) is 17.2 Å². The van der Waals surface area contributed by atoms with Crippen molar-refractivity contribution >= 4 is 35.7 Å². The van der Waals surface area contributed by atoms with Crippen LogP contribution in [0.25, 0.3) is 22.0 Å². The zero-order chi connectivity index (χ0) is 42.8. The number of pyridine rings is 1. The fourth-order valence-electron chi connectivity index (χ4n) is 4.88. The number of hydrogen-bond acceptors (Lipinski definition) is 12. The van der Waals surface area contributed by atoms with Crippen LogP contribution >= 0.6 is 7.60 Å². The fraction of sp³-hybridized carbons (Fsp3) is 0.310. The third-order valence-corrected chi connectivity index (χ3v) is 9.11. The molecule has 0 spiro atoms. The Labute approximate surface area is 335 Å². The Balaban J connectivity index is 0.000000648. The van der Waals surface area contributed by atoms with Gasteiger partial charge in [0.1, 0.15) is 28.6 Å². The second kappa shape index (κ2) is 19.2. The summed E-state index contributed by atoms with van der Waals surface area (Å²) in [5.41, 5.74) is -1.05. The van der Waals surface area contributed by atoms with E-state index in [4.69, 9.17) is 43.5 Å². The molecule has 0 bridgehead atoms. The first kappa shape index (κ1) is 45.1. The standard InChI is InChI=1S/C35H41FNO10P.C7H6O3/c1-9-20-42-29-19-18-28(36)30-31(29)37(21-27(32(30)38)23-10-14-25(41-8)15-11-23)22-43-33(39)24-12-16-26(17-13-24)48(40,46-44-34(2,3)4)47-45-35(5,6)7;8-6-3-1-5(2-4-6)7(9)10/h10-19,21H,9,20,22H2,1-8H3;1-4,8H,(H,9,10). The number of carbonyl (C=O) groups excluding carboxylic acids is 1. The quantitative estimate of drug-likeness (QED) is 0.0470. The third-order valence-electron chi connectivity index (χ3n) is 7.64. The number of nitrogens with zero attached hydrogens (tertiary/aromatic N) is 1. The number of benzene rings is 4. The number of phenols is 1. The minimum atomic E-state index is -4.16. The summed E-state index contributed by atoms with van der Waals surface area (Å²) in [6.07, 6.45) is 2.17. The number of aromatic carboxylic acids is 1. The van der Waals surface area contributed by atoms with Crippen LogP contribution in [-0.2, 0) is 35.2 Å². The SMILES string of the molecule is CCCOc1ccc(F)c2c(=O)c(-c3ccc(OC)cc3)cn(COC(=O)c3ccc(P(=O)(OOC(C)(C)C)OOC(C)(C)C)cc3)c12.O=C(O)c1ccc(O)cc1. The smallest absolute Gasteiger partial charge is 0.414 e. The molecule has 1 heterocycles. The van der Waals surface area contributed by atoms with Gasteiger partial charge in [0.25, 0.3) is 0 Å². The average molecular weight is 824 g/mol. The van der Waals surface area contributed by atoms with Gasteiger partial charge < -0.3 is 29.0 Å². The van der Waals surface area contributed by atoms with E-state index < -0.39 is 48.7 Å². The van der Waals surface area contributed by atoms with Crippen molar-refractivity contribution in [3.63, 3.8) is 0 Å². The number of methoxy groups -OCH3 is 1. The van der Waals surface area contributed by atoms with Crippen LogP contribution in [0.15, 0.2) is 95.9 Å². The lowest BCUT2D eigenvalue weighted by Crippen LogP contribution is -2.24. The predicted octanol–water partition coefficient (Wildman–Crippen LogP) is 8.82. The molecule has 1 aromatic heterocycles. The van der Waals surface area contributed by atoms with Crippen LogP contribution in [0.1, 0.15) is 75.6 Å². The number of carbonyl (C=O) groups is 2. The fourth-order valence-corrected chi connectivity index (χ4v) is 6.24. The summed E-state index contributed by atoms with van der Waals surface area (Å²) in [5, 5.41) is 17.0. The number of ether oxygens (including phenoxy) is 3. The summed E-state index contributed by atoms with van der Waals surface area (Å²) < 4.78 is 57.7. The van der Waals surface area contributed by atoms with Crippen molar-refractivity contribution in [2.45, 2.75) is 72.8 Å². The molecule has 0 unspecified atom stereocenters. The van der Waals surface area contributed by atoms with Crippen LogP contribution in [0.2, 0.25) is 0 Å². The first-order valence-electron chi connectivity index (χ1n) is 18.0. The number of aromatic nitrogens is 1. The molecule has 2 N–H and O–H groups in total. The van der Waals surface area contributed by atoms with Gasteiger partial charge in [0.2, 0.25) is 0 Å². The van der Waals surface area contributed by atoms with Gasteiger partial charge in [0.15, 0.2) is 12.2 Å². The molecule has 5 aromatic rings. The molecular weight excluding hydrogens is 776 g/mol. The zero-order valence-corrected chi connectivity index (χ0v) is 34.3. The number of phenolic OH excluding ortho intramolecular Hbond substituents is 1. The van der Waals surface area contributed by atoms with E-state index in [1.165, 1.54) is 78.5 Å². The normalized spacial score (nSPS) is 11.7. The Bertz CT molecular complexity index is 2270. The Kier molecular flexibility index (Phi) is 15.0. The summed E-state index contributed by atoms with van der Waals surface area (Å²) in [5.74, 6) is -1.56. The molecule has 0 aliphatic heterocycles. The van der Waals surface area contributed by atoms with E-state index in [2.05, 4.69) is 0 Å². The lowest BCUT2D eigenvalue weighted by molar-refractivity contribution is -0.324. The number of halogens is 1. The minimum Gasteiger partial charge on any atom is -0.508 e. The Morgan fingerprint density at radius 1 is 0.810 bits per heavy atom. The lowest BCUT2D eigenvalue weighted by Gasteiger charge is -2.25. The molecule has 0 fully saturated rings. The van der Waals surface area contributed by atoms with E-state index in [-0.39, 0.29) is 44.4 Å². The van der Waals surface area contributed by atoms with E-state index in [1.54, 1.807) is 65.8 Å². The summed E-state index contributed by atoms with van der Waals surface area (Å²) in [6.45, 7) is 12.1. The van der Waals surface area contributed by atoms with E-state index in [0.29, 0.717) is 24.3 Å². The van der Waals surface area contributed by atoms with Crippen molar-refractivity contribution in [3.05, 3.63) is 118 Å². The topological polar surface area (TPSA) is 178 Å². The number of hydrogen-bond donors (Lipinski definition) is 2. The molecule has 310 valence electrons. The van der Waals surface area contributed by atoms with E-state index >= 15 is 4.39 Å². The number of esters is 1. The molecule has 16 heteroatoms. The molecule has 0 aliphatic carbocycles. The van der Waals surface area contributed by atoms with Crippen molar-refractivity contribution in [1.29, 1.82) is 0 Å². The number of rotatable bonds is 14. The van der Waals surface area contributed by atoms with Crippen LogP contribution in [0.4, 0.5) is 4.39 Å². The van der Waals surface area contributed by atoms with Gasteiger partial charge in [-0.2, -0.15) is 0 Å². The summed E-state index contributed by atoms with van der Waals surface area (Å²) in [6, 6.07) is 20.2. The molecular formula is C42H47FNO13P. The molecule has 0 aliphatic rings. The zero-order valence-electron chi connectivity index (χ0n) is 33.4. The monoisotopic (exact) mass is 823 g/mol. The predicted molar refractivity (Wildman–Crippen MR) is 214 cm³/mol. The van der Waals surface area contributed by atoms with Crippen molar-refractivity contribution in [2.75, 3.05) is 13.7 Å². The highest BCUT2D eigenvalue weighted by Crippen LogP contribution is 2.49. The van der Waals surface area contributed by atoms with Crippen LogP contribution in [-0.4, -0.2) is 51.6 Å². The average Bonchev–Trinajstić information content (AvgIpc) is 3.18. The molecule has 14 nitrogen and oxygen atoms in total. The molecule has 0 saturated heterocycles. The lowest BCUT2D eigenvalue weighted by atomic mass is 10.0. The molecule has 0 amide bonds. The Morgan fingerprint density at radius 2 is 1.38 bits per heavy atom. The summed E-state index contributed by atoms with van der Waals surface area (Å²) in [7, 11) is -2.63. The van der Waals surface area contributed by atoms with E-state index in [0.717, 1.165) is 0 Å². The largest absolute Gasteiger partial charge is 0.508 e. The van der Waals surface area contributed by atoms with Gasteiger partial charge >= 0.3 is 19.5 Å². The number of aromatic hydroxyl groups is 1. The highest BCUT2D eigenvalue weighted by molar-refractivity contribution is 7.62. The summed E-state index contributed by atoms with van der Waals surface area (Å²) in [4.78, 5) is 47.7. The maximum Gasteiger partial charge on any atom is 0.414 e. The maximum absolute atomic E-state index is 15.3. The van der Waals surface area contributed by atoms with Gasteiger partial charge in [-0.25, -0.2) is 28.3 Å². The molecule has 4 aromatic carbocycles. The highest BCUT2D eigenvalue weighted by atomic mass is 31.2. The maximum atomic E-state index is 15.3. The Morgan fingerprint density at radius 3 is 1.90 bits per heavy atom. The molecule has 0 saturated carbocycles. The van der Waals surface area contributed by atoms with Gasteiger partial charge in [-0.1, -0.05) is 19.1 Å². The van der Waals surface area contributed by atoms with Gasteiger partial charge in [0, 0.05) is 11.8 Å². The van der Waals surface area contributed by atoms with Crippen molar-refractivity contribution in [3.8, 4) is 28.4 Å². The number of carboxylic acid groups (broad SMARTS) is 1. The second-order valence-electron chi connectivity index (χ2n) is 14.7. The minimum absolute atomic E-state index is 0.0660. The molecule has 5 rings (SSSR count). The van der Waals surface area contributed by atoms with Crippen LogP contribution in [0.3, 0.4) is 0 Å². The number of fused-ring (bicyclic) bond motifs is 1. The summed E-state index contributed by atoms with van der Waals surface area (Å²) >= 11 is 0. The van der Waals surface area contributed by atoms with E-state index in [9.17, 15) is 18.9 Å². The molecule has 0 radical (unpaired) electrons. The van der Waals surface area contributed by atoms with Crippen LogP contribution in [0, 0.1) is 5.82 Å². The van der Waals surface area contributed by atoms with Crippen molar-refractivity contribution < 1.29 is 62.1 Å². The van der Waals surface area contributed by atoms with Crippen LogP contribution < -0.4 is 20.2 Å². The van der Waals surface area contributed by atoms with Crippen molar-refractivity contribution in [2.24, 2.45) is 0 Å². The Hall–Kier alpha value is -5.57.